The molecule has 3 nitrogen and oxygen atoms in total. The highest BCUT2D eigenvalue weighted by molar-refractivity contribution is 6.30. The predicted molar refractivity (Wildman–Crippen MR) is 93.2 cm³/mol. The van der Waals surface area contributed by atoms with Gasteiger partial charge in [-0.05, 0) is 47.4 Å². The van der Waals surface area contributed by atoms with E-state index < -0.39 is 0 Å². The topological polar surface area (TPSA) is 41.1 Å². The van der Waals surface area contributed by atoms with Crippen molar-refractivity contribution in [3.05, 3.63) is 70.9 Å². The van der Waals surface area contributed by atoms with Crippen LogP contribution in [0.2, 0.25) is 5.02 Å². The maximum atomic E-state index is 11.8. The van der Waals surface area contributed by atoms with E-state index in [1.165, 1.54) is 5.56 Å². The molecule has 0 aromatic heterocycles. The molecule has 22 heavy (non-hydrogen) atoms. The summed E-state index contributed by atoms with van der Waals surface area (Å²) in [5.74, 6) is 0.475. The SMILES string of the molecule is CC(C)c1ccc(NC(=O)N/C=C/c2cccc(Cl)c2)cc1. The average Bonchev–Trinajstić information content (AvgIpc) is 2.48. The van der Waals surface area contributed by atoms with Crippen molar-refractivity contribution in [1.29, 1.82) is 0 Å². The average molecular weight is 315 g/mol. The van der Waals surface area contributed by atoms with Crippen LogP contribution in [0.1, 0.15) is 30.9 Å². The molecule has 0 bridgehead atoms. The summed E-state index contributed by atoms with van der Waals surface area (Å²) in [5, 5.41) is 6.10. The molecule has 0 saturated carbocycles. The summed E-state index contributed by atoms with van der Waals surface area (Å²) in [6.45, 7) is 4.27. The van der Waals surface area contributed by atoms with E-state index in [4.69, 9.17) is 11.6 Å². The van der Waals surface area contributed by atoms with Gasteiger partial charge in [0.15, 0.2) is 0 Å². The second-order valence-electron chi connectivity index (χ2n) is 5.26. The monoisotopic (exact) mass is 314 g/mol. The molecule has 0 aliphatic heterocycles. The fourth-order valence-electron chi connectivity index (χ4n) is 1.94. The third-order valence-electron chi connectivity index (χ3n) is 3.17. The Labute approximate surface area is 136 Å². The molecule has 2 aromatic carbocycles. The van der Waals surface area contributed by atoms with E-state index in [9.17, 15) is 4.79 Å². The molecule has 0 radical (unpaired) electrons. The zero-order valence-electron chi connectivity index (χ0n) is 12.6. The molecule has 2 amide bonds. The molecule has 0 fully saturated rings. The van der Waals surface area contributed by atoms with E-state index in [1.807, 2.05) is 42.5 Å². The molecular formula is C18H19ClN2O. The van der Waals surface area contributed by atoms with Crippen LogP contribution >= 0.6 is 11.6 Å². The second kappa shape index (κ2) is 7.66. The van der Waals surface area contributed by atoms with E-state index >= 15 is 0 Å². The Morgan fingerprint density at radius 1 is 1.14 bits per heavy atom. The summed E-state index contributed by atoms with van der Waals surface area (Å²) in [6, 6.07) is 14.9. The molecule has 2 N–H and O–H groups in total. The van der Waals surface area contributed by atoms with Gasteiger partial charge in [-0.15, -0.1) is 0 Å². The minimum Gasteiger partial charge on any atom is -0.314 e. The summed E-state index contributed by atoms with van der Waals surface area (Å²) in [5.41, 5.74) is 2.93. The maximum absolute atomic E-state index is 11.8. The van der Waals surface area contributed by atoms with Crippen LogP contribution in [0.15, 0.2) is 54.7 Å². The number of carbonyl (C=O) groups excluding carboxylic acids is 1. The highest BCUT2D eigenvalue weighted by Gasteiger charge is 2.01. The van der Waals surface area contributed by atoms with E-state index in [-0.39, 0.29) is 6.03 Å². The van der Waals surface area contributed by atoms with E-state index in [0.29, 0.717) is 10.9 Å². The zero-order valence-corrected chi connectivity index (χ0v) is 13.4. The normalized spacial score (nSPS) is 10.9. The summed E-state index contributed by atoms with van der Waals surface area (Å²) in [4.78, 5) is 11.8. The van der Waals surface area contributed by atoms with Crippen LogP contribution in [-0.2, 0) is 0 Å². The molecule has 4 heteroatoms. The van der Waals surface area contributed by atoms with Crippen LogP contribution in [-0.4, -0.2) is 6.03 Å². The molecular weight excluding hydrogens is 296 g/mol. The Kier molecular flexibility index (Phi) is 5.61. The number of carbonyl (C=O) groups is 1. The van der Waals surface area contributed by atoms with E-state index in [2.05, 4.69) is 24.5 Å². The Bertz CT molecular complexity index is 663. The molecule has 114 valence electrons. The smallest absolute Gasteiger partial charge is 0.314 e. The summed E-state index contributed by atoms with van der Waals surface area (Å²) >= 11 is 5.89. The molecule has 0 heterocycles. The molecule has 0 spiro atoms. The lowest BCUT2D eigenvalue weighted by Gasteiger charge is -2.08. The van der Waals surface area contributed by atoms with Gasteiger partial charge in [-0.3, -0.25) is 0 Å². The van der Waals surface area contributed by atoms with Crippen LogP contribution in [0.4, 0.5) is 10.5 Å². The van der Waals surface area contributed by atoms with E-state index in [1.54, 1.807) is 18.3 Å². The van der Waals surface area contributed by atoms with Gasteiger partial charge in [-0.25, -0.2) is 4.79 Å². The van der Waals surface area contributed by atoms with Gasteiger partial charge in [0.2, 0.25) is 0 Å². The molecule has 0 atom stereocenters. The zero-order chi connectivity index (χ0) is 15.9. The van der Waals surface area contributed by atoms with Crippen LogP contribution in [0.25, 0.3) is 6.08 Å². The predicted octanol–water partition coefficient (Wildman–Crippen LogP) is 5.26. The Hall–Kier alpha value is -2.26. The van der Waals surface area contributed by atoms with E-state index in [0.717, 1.165) is 11.3 Å². The van der Waals surface area contributed by atoms with Crippen molar-refractivity contribution in [3.63, 3.8) is 0 Å². The first-order valence-corrected chi connectivity index (χ1v) is 7.52. The van der Waals surface area contributed by atoms with Crippen LogP contribution < -0.4 is 10.6 Å². The Morgan fingerprint density at radius 2 is 1.86 bits per heavy atom. The lowest BCUT2D eigenvalue weighted by Crippen LogP contribution is -2.23. The first-order valence-electron chi connectivity index (χ1n) is 7.14. The second-order valence-corrected chi connectivity index (χ2v) is 5.70. The van der Waals surface area contributed by atoms with Crippen LogP contribution in [0.5, 0.6) is 0 Å². The van der Waals surface area contributed by atoms with Crippen molar-refractivity contribution in [2.24, 2.45) is 0 Å². The van der Waals surface area contributed by atoms with Crippen molar-refractivity contribution >= 4 is 29.4 Å². The maximum Gasteiger partial charge on any atom is 0.323 e. The van der Waals surface area contributed by atoms with Gasteiger partial charge in [0.1, 0.15) is 0 Å². The number of hydrogen-bond donors (Lipinski definition) is 2. The first kappa shape index (κ1) is 16.1. The van der Waals surface area contributed by atoms with Crippen molar-refractivity contribution in [2.45, 2.75) is 19.8 Å². The van der Waals surface area contributed by atoms with Gasteiger partial charge in [0.05, 0.1) is 0 Å². The minimum atomic E-state index is -0.282. The number of hydrogen-bond acceptors (Lipinski definition) is 1. The molecule has 0 unspecified atom stereocenters. The standard InChI is InChI=1S/C18H19ClN2O/c1-13(2)15-6-8-17(9-7-15)21-18(22)20-11-10-14-4-3-5-16(19)12-14/h3-13H,1-2H3,(H2,20,21,22)/b11-10+. The van der Waals surface area contributed by atoms with Gasteiger partial charge in [-0.2, -0.15) is 0 Å². The number of rotatable bonds is 4. The lowest BCUT2D eigenvalue weighted by molar-refractivity contribution is 0.255. The van der Waals surface area contributed by atoms with Gasteiger partial charge in [0, 0.05) is 16.9 Å². The van der Waals surface area contributed by atoms with Crippen molar-refractivity contribution in [1.82, 2.24) is 5.32 Å². The largest absolute Gasteiger partial charge is 0.323 e. The van der Waals surface area contributed by atoms with Gasteiger partial charge in [0.25, 0.3) is 0 Å². The quantitative estimate of drug-likeness (QED) is 0.794. The Balaban J connectivity index is 1.87. The number of nitrogens with one attached hydrogen (secondary N) is 2. The molecule has 0 aliphatic carbocycles. The van der Waals surface area contributed by atoms with Gasteiger partial charge >= 0.3 is 6.03 Å². The summed E-state index contributed by atoms with van der Waals surface area (Å²) in [6.07, 6.45) is 3.37. The Morgan fingerprint density at radius 3 is 2.50 bits per heavy atom. The van der Waals surface area contributed by atoms with Crippen LogP contribution in [0, 0.1) is 0 Å². The van der Waals surface area contributed by atoms with Crippen molar-refractivity contribution in [3.8, 4) is 0 Å². The first-order chi connectivity index (χ1) is 10.5. The third kappa shape index (κ3) is 4.93. The lowest BCUT2D eigenvalue weighted by atomic mass is 10.0. The van der Waals surface area contributed by atoms with Crippen molar-refractivity contribution < 1.29 is 4.79 Å². The summed E-state index contributed by atoms with van der Waals surface area (Å²) < 4.78 is 0. The molecule has 0 saturated heterocycles. The van der Waals surface area contributed by atoms with Gasteiger partial charge in [-0.1, -0.05) is 49.7 Å². The minimum absolute atomic E-state index is 0.282. The van der Waals surface area contributed by atoms with Gasteiger partial charge < -0.3 is 10.6 Å². The number of urea groups is 1. The number of anilines is 1. The number of benzene rings is 2. The number of halogens is 1. The highest BCUT2D eigenvalue weighted by atomic mass is 35.5. The molecule has 2 aromatic rings. The van der Waals surface area contributed by atoms with Crippen molar-refractivity contribution in [2.75, 3.05) is 5.32 Å². The molecule has 0 aliphatic rings. The summed E-state index contributed by atoms with van der Waals surface area (Å²) in [7, 11) is 0. The number of amides is 2. The fourth-order valence-corrected chi connectivity index (χ4v) is 2.14. The van der Waals surface area contributed by atoms with Crippen LogP contribution in [0.3, 0.4) is 0 Å². The third-order valence-corrected chi connectivity index (χ3v) is 3.41. The molecule has 2 rings (SSSR count). The highest BCUT2D eigenvalue weighted by Crippen LogP contribution is 2.17. The fraction of sp³-hybridized carbons (Fsp3) is 0.167.